The highest BCUT2D eigenvalue weighted by Crippen LogP contribution is 2.35. The zero-order chi connectivity index (χ0) is 17.1. The highest BCUT2D eigenvalue weighted by Gasteiger charge is 2.48. The van der Waals surface area contributed by atoms with Crippen molar-refractivity contribution >= 4 is 11.9 Å². The van der Waals surface area contributed by atoms with Gasteiger partial charge < -0.3 is 14.7 Å². The number of rotatable bonds is 6. The number of carbonyl (C=O) groups excluding carboxylic acids is 1. The number of carbonyl (C=O) groups is 2. The highest BCUT2D eigenvalue weighted by atomic mass is 16.5. The fourth-order valence-corrected chi connectivity index (χ4v) is 3.29. The number of carboxylic acid groups (broad SMARTS) is 1. The van der Waals surface area contributed by atoms with Crippen LogP contribution in [0.5, 0.6) is 0 Å². The molecule has 0 bridgehead atoms. The number of aliphatic carboxylic acids is 1. The lowest BCUT2D eigenvalue weighted by atomic mass is 9.84. The van der Waals surface area contributed by atoms with E-state index in [0.717, 1.165) is 5.56 Å². The number of carboxylic acids is 1. The van der Waals surface area contributed by atoms with Crippen molar-refractivity contribution in [3.05, 3.63) is 35.9 Å². The maximum Gasteiger partial charge on any atom is 0.313 e. The van der Waals surface area contributed by atoms with Gasteiger partial charge in [-0.05, 0) is 18.4 Å². The van der Waals surface area contributed by atoms with Crippen LogP contribution in [0.1, 0.15) is 25.8 Å². The Kier molecular flexibility index (Phi) is 5.09. The minimum Gasteiger partial charge on any atom is -0.481 e. The lowest BCUT2D eigenvalue weighted by Crippen LogP contribution is -2.44. The van der Waals surface area contributed by atoms with E-state index in [-0.39, 0.29) is 19.1 Å². The SMILES string of the molecule is COCC1(C(=O)O)CCN(C(=O)C(C)(C)Cc2ccccc2)C1. The molecule has 126 valence electrons. The smallest absolute Gasteiger partial charge is 0.313 e. The van der Waals surface area contributed by atoms with Crippen LogP contribution >= 0.6 is 0 Å². The summed E-state index contributed by atoms with van der Waals surface area (Å²) >= 11 is 0. The minimum atomic E-state index is -0.979. The average Bonchev–Trinajstić information content (AvgIpc) is 2.93. The van der Waals surface area contributed by atoms with E-state index in [2.05, 4.69) is 0 Å². The van der Waals surface area contributed by atoms with E-state index in [1.54, 1.807) is 4.90 Å². The van der Waals surface area contributed by atoms with Gasteiger partial charge in [0, 0.05) is 25.6 Å². The molecular formula is C18H25NO4. The highest BCUT2D eigenvalue weighted by molar-refractivity contribution is 5.84. The summed E-state index contributed by atoms with van der Waals surface area (Å²) in [6.07, 6.45) is 1.07. The molecule has 1 N–H and O–H groups in total. The molecule has 1 amide bonds. The molecule has 1 aromatic rings. The monoisotopic (exact) mass is 319 g/mol. The van der Waals surface area contributed by atoms with Crippen LogP contribution in [0.4, 0.5) is 0 Å². The van der Waals surface area contributed by atoms with E-state index in [9.17, 15) is 14.7 Å². The van der Waals surface area contributed by atoms with E-state index >= 15 is 0 Å². The molecule has 1 heterocycles. The third-order valence-electron chi connectivity index (χ3n) is 4.58. The summed E-state index contributed by atoms with van der Waals surface area (Å²) in [5.74, 6) is -0.893. The first-order valence-corrected chi connectivity index (χ1v) is 7.86. The third kappa shape index (κ3) is 3.72. The Hall–Kier alpha value is -1.88. The Morgan fingerprint density at radius 2 is 1.96 bits per heavy atom. The van der Waals surface area contributed by atoms with E-state index < -0.39 is 16.8 Å². The molecule has 5 heteroatoms. The van der Waals surface area contributed by atoms with Gasteiger partial charge in [-0.15, -0.1) is 0 Å². The lowest BCUT2D eigenvalue weighted by Gasteiger charge is -2.30. The van der Waals surface area contributed by atoms with Crippen LogP contribution in [0.25, 0.3) is 0 Å². The largest absolute Gasteiger partial charge is 0.481 e. The molecule has 1 unspecified atom stereocenters. The summed E-state index contributed by atoms with van der Waals surface area (Å²) < 4.78 is 5.08. The normalized spacial score (nSPS) is 21.4. The molecule has 0 radical (unpaired) electrons. The van der Waals surface area contributed by atoms with Crippen LogP contribution in [0, 0.1) is 10.8 Å². The summed E-state index contributed by atoms with van der Waals surface area (Å²) in [4.78, 5) is 26.2. The molecule has 1 aliphatic rings. The number of ether oxygens (including phenoxy) is 1. The summed E-state index contributed by atoms with van der Waals surface area (Å²) in [7, 11) is 1.49. The maximum absolute atomic E-state index is 12.9. The van der Waals surface area contributed by atoms with E-state index in [1.807, 2.05) is 44.2 Å². The standard InChI is InChI=1S/C18H25NO4/c1-17(2,11-14-7-5-4-6-8-14)15(20)19-10-9-18(12-19,13-23-3)16(21)22/h4-8H,9-13H2,1-3H3,(H,21,22). The first-order chi connectivity index (χ1) is 10.8. The van der Waals surface area contributed by atoms with Gasteiger partial charge in [-0.2, -0.15) is 0 Å². The molecule has 1 saturated heterocycles. The van der Waals surface area contributed by atoms with Gasteiger partial charge in [0.05, 0.1) is 6.61 Å². The van der Waals surface area contributed by atoms with Crippen LogP contribution in [-0.4, -0.2) is 48.7 Å². The van der Waals surface area contributed by atoms with Crippen molar-refractivity contribution in [1.82, 2.24) is 4.90 Å². The van der Waals surface area contributed by atoms with Crippen LogP contribution in [0.3, 0.4) is 0 Å². The Bertz CT molecular complexity index is 570. The van der Waals surface area contributed by atoms with Gasteiger partial charge in [0.15, 0.2) is 0 Å². The molecule has 0 aromatic heterocycles. The number of hydrogen-bond donors (Lipinski definition) is 1. The van der Waals surface area contributed by atoms with Gasteiger partial charge in [0.25, 0.3) is 0 Å². The Balaban J connectivity index is 2.09. The van der Waals surface area contributed by atoms with Crippen LogP contribution < -0.4 is 0 Å². The van der Waals surface area contributed by atoms with Crippen LogP contribution in [0.15, 0.2) is 30.3 Å². The van der Waals surface area contributed by atoms with E-state index in [1.165, 1.54) is 7.11 Å². The number of methoxy groups -OCH3 is 1. The maximum atomic E-state index is 12.9. The summed E-state index contributed by atoms with van der Waals surface area (Å²) in [6.45, 7) is 4.64. The molecule has 1 aromatic carbocycles. The van der Waals surface area contributed by atoms with Crippen molar-refractivity contribution in [2.75, 3.05) is 26.8 Å². The Labute approximate surface area is 137 Å². The van der Waals surface area contributed by atoms with Gasteiger partial charge in [0.2, 0.25) is 5.91 Å². The molecule has 23 heavy (non-hydrogen) atoms. The molecule has 1 aliphatic heterocycles. The summed E-state index contributed by atoms with van der Waals surface area (Å²) in [6, 6.07) is 9.88. The van der Waals surface area contributed by atoms with Crippen molar-refractivity contribution in [3.8, 4) is 0 Å². The van der Waals surface area contributed by atoms with Crippen LogP contribution in [-0.2, 0) is 20.7 Å². The lowest BCUT2D eigenvalue weighted by molar-refractivity contribution is -0.152. The number of benzene rings is 1. The van der Waals surface area contributed by atoms with Gasteiger partial charge >= 0.3 is 5.97 Å². The number of likely N-dealkylation sites (tertiary alicyclic amines) is 1. The molecule has 0 saturated carbocycles. The first-order valence-electron chi connectivity index (χ1n) is 7.86. The predicted octanol–water partition coefficient (Wildman–Crippen LogP) is 2.21. The molecule has 1 atom stereocenters. The predicted molar refractivity (Wildman–Crippen MR) is 87.1 cm³/mol. The van der Waals surface area contributed by atoms with Crippen molar-refractivity contribution in [2.45, 2.75) is 26.7 Å². The van der Waals surface area contributed by atoms with Crippen molar-refractivity contribution < 1.29 is 19.4 Å². The fourth-order valence-electron chi connectivity index (χ4n) is 3.29. The zero-order valence-corrected chi connectivity index (χ0v) is 14.0. The minimum absolute atomic E-state index is 0.000538. The van der Waals surface area contributed by atoms with Crippen LogP contribution in [0.2, 0.25) is 0 Å². The van der Waals surface area contributed by atoms with Gasteiger partial charge in [-0.1, -0.05) is 44.2 Å². The van der Waals surface area contributed by atoms with E-state index in [4.69, 9.17) is 4.74 Å². The van der Waals surface area contributed by atoms with Gasteiger partial charge in [0.1, 0.15) is 5.41 Å². The quantitative estimate of drug-likeness (QED) is 0.873. The number of nitrogens with zero attached hydrogens (tertiary/aromatic N) is 1. The van der Waals surface area contributed by atoms with Gasteiger partial charge in [-0.3, -0.25) is 9.59 Å². The van der Waals surface area contributed by atoms with Gasteiger partial charge in [-0.25, -0.2) is 0 Å². The first kappa shape index (κ1) is 17.5. The van der Waals surface area contributed by atoms with Crippen molar-refractivity contribution in [3.63, 3.8) is 0 Å². The van der Waals surface area contributed by atoms with Crippen molar-refractivity contribution in [2.24, 2.45) is 10.8 Å². The average molecular weight is 319 g/mol. The Morgan fingerprint density at radius 1 is 1.30 bits per heavy atom. The fraction of sp³-hybridized carbons (Fsp3) is 0.556. The molecule has 0 aliphatic carbocycles. The molecule has 2 rings (SSSR count). The molecule has 1 fully saturated rings. The van der Waals surface area contributed by atoms with Crippen molar-refractivity contribution in [1.29, 1.82) is 0 Å². The number of amides is 1. The number of hydrogen-bond acceptors (Lipinski definition) is 3. The topological polar surface area (TPSA) is 66.8 Å². The summed E-state index contributed by atoms with van der Waals surface area (Å²) in [5.41, 5.74) is -0.442. The zero-order valence-electron chi connectivity index (χ0n) is 14.0. The molecular weight excluding hydrogens is 294 g/mol. The molecule has 5 nitrogen and oxygen atoms in total. The third-order valence-corrected chi connectivity index (χ3v) is 4.58. The second kappa shape index (κ2) is 6.71. The Morgan fingerprint density at radius 3 is 2.52 bits per heavy atom. The van der Waals surface area contributed by atoms with E-state index in [0.29, 0.717) is 19.4 Å². The molecule has 0 spiro atoms. The second-order valence-corrected chi connectivity index (χ2v) is 7.04. The summed E-state index contributed by atoms with van der Waals surface area (Å²) in [5, 5.41) is 9.51. The second-order valence-electron chi connectivity index (χ2n) is 7.04.